The smallest absolute Gasteiger partial charge is 0.254 e. The lowest BCUT2D eigenvalue weighted by atomic mass is 10.1. The molecule has 0 bridgehead atoms. The normalized spacial score (nSPS) is 12.3. The Balaban J connectivity index is 1.89. The van der Waals surface area contributed by atoms with Gasteiger partial charge in [0.25, 0.3) is 5.91 Å². The lowest BCUT2D eigenvalue weighted by molar-refractivity contribution is 0.0672. The van der Waals surface area contributed by atoms with E-state index in [9.17, 15) is 4.79 Å². The number of hydrogen-bond donors (Lipinski definition) is 1. The van der Waals surface area contributed by atoms with Gasteiger partial charge in [0.15, 0.2) is 0 Å². The highest BCUT2D eigenvalue weighted by molar-refractivity contribution is 5.94. The van der Waals surface area contributed by atoms with Crippen molar-refractivity contribution in [3.63, 3.8) is 0 Å². The molecule has 2 N–H and O–H groups in total. The largest absolute Gasteiger partial charge is 0.459 e. The summed E-state index contributed by atoms with van der Waals surface area (Å²) in [4.78, 5) is 14.9. The molecule has 1 aromatic heterocycles. The maximum Gasteiger partial charge on any atom is 0.254 e. The van der Waals surface area contributed by atoms with E-state index in [-0.39, 0.29) is 11.9 Å². The average Bonchev–Trinajstić information content (AvgIpc) is 3.09. The minimum Gasteiger partial charge on any atom is -0.459 e. The average molecular weight is 336 g/mol. The number of carbonyl (C=O) groups is 1. The first-order valence-electron chi connectivity index (χ1n) is 8.72. The van der Waals surface area contributed by atoms with Crippen LogP contribution in [0.25, 0.3) is 11.0 Å². The van der Waals surface area contributed by atoms with E-state index in [1.807, 2.05) is 66.4 Å². The van der Waals surface area contributed by atoms with Crippen molar-refractivity contribution >= 4 is 16.9 Å². The maximum absolute atomic E-state index is 13.0. The predicted molar refractivity (Wildman–Crippen MR) is 100 cm³/mol. The molecule has 0 radical (unpaired) electrons. The van der Waals surface area contributed by atoms with Crippen LogP contribution in [0, 0.1) is 0 Å². The van der Waals surface area contributed by atoms with Gasteiger partial charge in [0.1, 0.15) is 11.3 Å². The fourth-order valence-electron chi connectivity index (χ4n) is 3.02. The number of amides is 1. The van der Waals surface area contributed by atoms with Crippen LogP contribution >= 0.6 is 0 Å². The van der Waals surface area contributed by atoms with Gasteiger partial charge in [-0.25, -0.2) is 0 Å². The summed E-state index contributed by atoms with van der Waals surface area (Å²) in [5.41, 5.74) is 8.18. The zero-order valence-electron chi connectivity index (χ0n) is 14.7. The molecule has 0 aliphatic heterocycles. The molecule has 0 saturated heterocycles. The molecule has 3 rings (SSSR count). The zero-order chi connectivity index (χ0) is 17.8. The SMILES string of the molecule is CCCN(C(=O)c1ccc(CN)cc1)C(C)c1cc2ccccc2o1. The number of furan rings is 1. The molecule has 1 atom stereocenters. The van der Waals surface area contributed by atoms with E-state index < -0.39 is 0 Å². The van der Waals surface area contributed by atoms with Gasteiger partial charge in [0, 0.05) is 24.0 Å². The topological polar surface area (TPSA) is 59.5 Å². The van der Waals surface area contributed by atoms with Crippen molar-refractivity contribution in [2.45, 2.75) is 32.9 Å². The molecule has 2 aromatic carbocycles. The van der Waals surface area contributed by atoms with Crippen LogP contribution < -0.4 is 5.73 Å². The number of carbonyl (C=O) groups excluding carboxylic acids is 1. The zero-order valence-corrected chi connectivity index (χ0v) is 14.7. The van der Waals surface area contributed by atoms with Crippen LogP contribution in [0.4, 0.5) is 0 Å². The second-order valence-electron chi connectivity index (χ2n) is 6.26. The Kier molecular flexibility index (Phi) is 5.19. The molecule has 0 aliphatic carbocycles. The molecular formula is C21H24N2O2. The van der Waals surface area contributed by atoms with Crippen LogP contribution in [0.3, 0.4) is 0 Å². The second kappa shape index (κ2) is 7.53. The summed E-state index contributed by atoms with van der Waals surface area (Å²) in [7, 11) is 0. The summed E-state index contributed by atoms with van der Waals surface area (Å²) < 4.78 is 5.97. The van der Waals surface area contributed by atoms with Gasteiger partial charge in [-0.1, -0.05) is 37.3 Å². The van der Waals surface area contributed by atoms with Crippen molar-refractivity contribution in [3.05, 3.63) is 71.5 Å². The molecule has 4 heteroatoms. The molecule has 3 aromatic rings. The summed E-state index contributed by atoms with van der Waals surface area (Å²) >= 11 is 0. The molecule has 0 fully saturated rings. The quantitative estimate of drug-likeness (QED) is 0.721. The number of benzene rings is 2. The molecule has 0 spiro atoms. The maximum atomic E-state index is 13.0. The molecule has 1 heterocycles. The molecule has 25 heavy (non-hydrogen) atoms. The Morgan fingerprint density at radius 3 is 2.52 bits per heavy atom. The Morgan fingerprint density at radius 1 is 1.16 bits per heavy atom. The van der Waals surface area contributed by atoms with E-state index in [1.54, 1.807) is 0 Å². The predicted octanol–water partition coefficient (Wildman–Crippen LogP) is 4.50. The van der Waals surface area contributed by atoms with Gasteiger partial charge in [-0.3, -0.25) is 4.79 Å². The Morgan fingerprint density at radius 2 is 1.88 bits per heavy atom. The third kappa shape index (κ3) is 3.59. The van der Waals surface area contributed by atoms with Crippen molar-refractivity contribution in [2.75, 3.05) is 6.54 Å². The summed E-state index contributed by atoms with van der Waals surface area (Å²) in [6.07, 6.45) is 0.886. The van der Waals surface area contributed by atoms with Gasteiger partial charge in [0.2, 0.25) is 0 Å². The van der Waals surface area contributed by atoms with Crippen LogP contribution in [0.2, 0.25) is 0 Å². The first kappa shape index (κ1) is 17.2. The lowest BCUT2D eigenvalue weighted by Gasteiger charge is -2.28. The van der Waals surface area contributed by atoms with Gasteiger partial charge in [-0.05, 0) is 43.2 Å². The van der Waals surface area contributed by atoms with Crippen molar-refractivity contribution < 1.29 is 9.21 Å². The van der Waals surface area contributed by atoms with E-state index in [4.69, 9.17) is 10.2 Å². The van der Waals surface area contributed by atoms with E-state index in [0.717, 1.165) is 28.7 Å². The number of nitrogens with two attached hydrogens (primary N) is 1. The van der Waals surface area contributed by atoms with E-state index in [2.05, 4.69) is 6.92 Å². The summed E-state index contributed by atoms with van der Waals surface area (Å²) in [5.74, 6) is 0.819. The molecule has 0 aliphatic rings. The summed E-state index contributed by atoms with van der Waals surface area (Å²) in [5, 5.41) is 1.06. The Hall–Kier alpha value is -2.59. The molecule has 130 valence electrons. The highest BCUT2D eigenvalue weighted by atomic mass is 16.3. The van der Waals surface area contributed by atoms with Gasteiger partial charge in [0.05, 0.1) is 6.04 Å². The number of hydrogen-bond acceptors (Lipinski definition) is 3. The number of nitrogens with zero attached hydrogens (tertiary/aromatic N) is 1. The molecule has 4 nitrogen and oxygen atoms in total. The standard InChI is InChI=1S/C21H24N2O2/c1-3-12-23(21(24)17-10-8-16(14-22)9-11-17)15(2)20-13-18-6-4-5-7-19(18)25-20/h4-11,13,15H,3,12,14,22H2,1-2H3. The minimum atomic E-state index is -0.131. The van der Waals surface area contributed by atoms with Crippen LogP contribution in [-0.4, -0.2) is 17.4 Å². The van der Waals surface area contributed by atoms with E-state index >= 15 is 0 Å². The van der Waals surface area contributed by atoms with E-state index in [1.165, 1.54) is 0 Å². The summed E-state index contributed by atoms with van der Waals surface area (Å²) in [6, 6.07) is 17.3. The van der Waals surface area contributed by atoms with Gasteiger partial charge >= 0.3 is 0 Å². The number of para-hydroxylation sites is 1. The summed E-state index contributed by atoms with van der Waals surface area (Å²) in [6.45, 7) is 5.24. The van der Waals surface area contributed by atoms with Crippen LogP contribution in [0.5, 0.6) is 0 Å². The minimum absolute atomic E-state index is 0.0124. The third-order valence-corrected chi connectivity index (χ3v) is 4.49. The van der Waals surface area contributed by atoms with Gasteiger partial charge in [-0.2, -0.15) is 0 Å². The highest BCUT2D eigenvalue weighted by Crippen LogP contribution is 2.28. The first-order valence-corrected chi connectivity index (χ1v) is 8.72. The lowest BCUT2D eigenvalue weighted by Crippen LogP contribution is -2.34. The molecule has 1 unspecified atom stereocenters. The highest BCUT2D eigenvalue weighted by Gasteiger charge is 2.24. The van der Waals surface area contributed by atoms with Crippen LogP contribution in [0.15, 0.2) is 59.0 Å². The van der Waals surface area contributed by atoms with Crippen molar-refractivity contribution in [2.24, 2.45) is 5.73 Å². The van der Waals surface area contributed by atoms with Crippen molar-refractivity contribution in [3.8, 4) is 0 Å². The van der Waals surface area contributed by atoms with Gasteiger partial charge in [-0.15, -0.1) is 0 Å². The van der Waals surface area contributed by atoms with Crippen molar-refractivity contribution in [1.82, 2.24) is 4.90 Å². The van der Waals surface area contributed by atoms with Crippen LogP contribution in [0.1, 0.15) is 48.0 Å². The fraction of sp³-hybridized carbons (Fsp3) is 0.286. The monoisotopic (exact) mass is 336 g/mol. The Labute approximate surface area is 148 Å². The van der Waals surface area contributed by atoms with Crippen molar-refractivity contribution in [1.29, 1.82) is 0 Å². The number of rotatable bonds is 6. The Bertz CT molecular complexity index is 819. The molecular weight excluding hydrogens is 312 g/mol. The second-order valence-corrected chi connectivity index (χ2v) is 6.26. The van der Waals surface area contributed by atoms with Crippen LogP contribution in [-0.2, 0) is 6.54 Å². The fourth-order valence-corrected chi connectivity index (χ4v) is 3.02. The molecule has 0 saturated carbocycles. The molecule has 1 amide bonds. The van der Waals surface area contributed by atoms with Gasteiger partial charge < -0.3 is 15.1 Å². The van der Waals surface area contributed by atoms with E-state index in [0.29, 0.717) is 18.7 Å². The number of fused-ring (bicyclic) bond motifs is 1. The first-order chi connectivity index (χ1) is 12.1. The third-order valence-electron chi connectivity index (χ3n) is 4.49.